The van der Waals surface area contributed by atoms with E-state index in [9.17, 15) is 13.6 Å². The van der Waals surface area contributed by atoms with Crippen LogP contribution >= 0.6 is 15.9 Å². The Morgan fingerprint density at radius 2 is 1.94 bits per heavy atom. The van der Waals surface area contributed by atoms with Gasteiger partial charge in [0, 0.05) is 11.4 Å². The Bertz CT molecular complexity index is 394. The van der Waals surface area contributed by atoms with Gasteiger partial charge in [-0.25, -0.2) is 8.78 Å². The Kier molecular flexibility index (Phi) is 4.86. The van der Waals surface area contributed by atoms with Gasteiger partial charge in [0.05, 0.1) is 13.0 Å². The summed E-state index contributed by atoms with van der Waals surface area (Å²) in [5, 5.41) is 0.273. The number of carbonyl (C=O) groups is 1. The van der Waals surface area contributed by atoms with E-state index < -0.39 is 17.6 Å². The number of carbonyl (C=O) groups excluding carboxylic acids is 1. The summed E-state index contributed by atoms with van der Waals surface area (Å²) in [5.74, 6) is -1.87. The molecule has 2 nitrogen and oxygen atoms in total. The highest BCUT2D eigenvalue weighted by molar-refractivity contribution is 9.08. The molecule has 0 aliphatic carbocycles. The van der Waals surface area contributed by atoms with Crippen LogP contribution < -0.4 is 0 Å². The van der Waals surface area contributed by atoms with Crippen LogP contribution in [0.3, 0.4) is 0 Å². The van der Waals surface area contributed by atoms with Gasteiger partial charge in [-0.3, -0.25) is 4.79 Å². The summed E-state index contributed by atoms with van der Waals surface area (Å²) in [6, 6.07) is 2.11. The van der Waals surface area contributed by atoms with Gasteiger partial charge >= 0.3 is 5.97 Å². The van der Waals surface area contributed by atoms with Crippen LogP contribution in [0.5, 0.6) is 0 Å². The Balaban J connectivity index is 2.91. The summed E-state index contributed by atoms with van der Waals surface area (Å²) in [4.78, 5) is 11.2. The third kappa shape index (κ3) is 3.27. The molecule has 0 aliphatic rings. The van der Waals surface area contributed by atoms with Crippen LogP contribution in [-0.4, -0.2) is 12.6 Å². The average molecular weight is 293 g/mol. The number of ether oxygens (including phenoxy) is 1. The molecule has 0 saturated carbocycles. The zero-order valence-electron chi connectivity index (χ0n) is 8.73. The number of alkyl halides is 1. The monoisotopic (exact) mass is 292 g/mol. The first-order valence-electron chi connectivity index (χ1n) is 4.76. The number of esters is 1. The van der Waals surface area contributed by atoms with Crippen LogP contribution in [0.4, 0.5) is 8.78 Å². The molecular formula is C11H11BrF2O2. The van der Waals surface area contributed by atoms with Crippen molar-refractivity contribution in [1.82, 2.24) is 0 Å². The van der Waals surface area contributed by atoms with E-state index in [0.29, 0.717) is 5.56 Å². The van der Waals surface area contributed by atoms with Crippen molar-refractivity contribution in [2.45, 2.75) is 18.7 Å². The van der Waals surface area contributed by atoms with Crippen molar-refractivity contribution in [2.75, 3.05) is 6.61 Å². The summed E-state index contributed by atoms with van der Waals surface area (Å²) < 4.78 is 31.1. The van der Waals surface area contributed by atoms with Crippen LogP contribution in [0.25, 0.3) is 0 Å². The fourth-order valence-electron chi connectivity index (χ4n) is 1.25. The van der Waals surface area contributed by atoms with E-state index in [4.69, 9.17) is 4.74 Å². The second-order valence-electron chi connectivity index (χ2n) is 3.15. The largest absolute Gasteiger partial charge is 0.466 e. The summed E-state index contributed by atoms with van der Waals surface area (Å²) >= 11 is 3.09. The molecule has 0 N–H and O–H groups in total. The van der Waals surface area contributed by atoms with Gasteiger partial charge in [0.1, 0.15) is 11.6 Å². The standard InChI is InChI=1S/C11H11BrF2O2/c1-2-16-11(15)4-7-3-8(6-12)10(14)5-9(7)13/h3,5H,2,4,6H2,1H3. The lowest BCUT2D eigenvalue weighted by Gasteiger charge is -2.06. The lowest BCUT2D eigenvalue weighted by Crippen LogP contribution is -2.09. The molecule has 0 aliphatic heterocycles. The van der Waals surface area contributed by atoms with E-state index in [1.165, 1.54) is 6.07 Å². The Hall–Kier alpha value is -0.970. The van der Waals surface area contributed by atoms with Gasteiger partial charge in [-0.05, 0) is 24.1 Å². The molecule has 0 radical (unpaired) electrons. The average Bonchev–Trinajstić information content (AvgIpc) is 2.22. The van der Waals surface area contributed by atoms with Crippen LogP contribution in [0.2, 0.25) is 0 Å². The molecule has 0 atom stereocenters. The van der Waals surface area contributed by atoms with Gasteiger partial charge < -0.3 is 4.74 Å². The van der Waals surface area contributed by atoms with Gasteiger partial charge in [-0.2, -0.15) is 0 Å². The second-order valence-corrected chi connectivity index (χ2v) is 3.71. The number of rotatable bonds is 4. The van der Waals surface area contributed by atoms with Crippen LogP contribution in [0.15, 0.2) is 12.1 Å². The molecular weight excluding hydrogens is 282 g/mol. The highest BCUT2D eigenvalue weighted by atomic mass is 79.9. The summed E-state index contributed by atoms with van der Waals surface area (Å²) in [5.41, 5.74) is 0.468. The third-order valence-electron chi connectivity index (χ3n) is 2.00. The molecule has 0 saturated heterocycles. The van der Waals surface area contributed by atoms with E-state index in [1.807, 2.05) is 0 Å². The Morgan fingerprint density at radius 3 is 2.50 bits per heavy atom. The normalized spacial score (nSPS) is 10.2. The summed E-state index contributed by atoms with van der Waals surface area (Å²) in [6.07, 6.45) is -0.181. The molecule has 0 heterocycles. The fourth-order valence-corrected chi connectivity index (χ4v) is 1.68. The molecule has 1 aromatic rings. The van der Waals surface area contributed by atoms with E-state index in [2.05, 4.69) is 15.9 Å². The fraction of sp³-hybridized carbons (Fsp3) is 0.364. The maximum absolute atomic E-state index is 13.3. The lowest BCUT2D eigenvalue weighted by molar-refractivity contribution is -0.142. The second kappa shape index (κ2) is 5.94. The molecule has 1 rings (SSSR count). The first-order chi connectivity index (χ1) is 7.58. The van der Waals surface area contributed by atoms with Gasteiger partial charge in [-0.15, -0.1) is 0 Å². The molecule has 16 heavy (non-hydrogen) atoms. The predicted molar refractivity (Wildman–Crippen MR) is 59.3 cm³/mol. The number of benzene rings is 1. The van der Waals surface area contributed by atoms with Gasteiger partial charge in [0.2, 0.25) is 0 Å². The van der Waals surface area contributed by atoms with E-state index in [0.717, 1.165) is 6.07 Å². The van der Waals surface area contributed by atoms with Gasteiger partial charge in [0.15, 0.2) is 0 Å². The molecule has 0 fully saturated rings. The highest BCUT2D eigenvalue weighted by Crippen LogP contribution is 2.18. The predicted octanol–water partition coefficient (Wildman–Crippen LogP) is 2.97. The first kappa shape index (κ1) is 13.1. The van der Waals surface area contributed by atoms with Crippen molar-refractivity contribution < 1.29 is 18.3 Å². The molecule has 5 heteroatoms. The number of halogens is 3. The van der Waals surface area contributed by atoms with Crippen molar-refractivity contribution in [2.24, 2.45) is 0 Å². The zero-order valence-corrected chi connectivity index (χ0v) is 10.3. The minimum atomic E-state index is -0.727. The minimum absolute atomic E-state index is 0.148. The first-order valence-corrected chi connectivity index (χ1v) is 5.89. The maximum Gasteiger partial charge on any atom is 0.310 e. The lowest BCUT2D eigenvalue weighted by atomic mass is 10.1. The van der Waals surface area contributed by atoms with Crippen LogP contribution in [0.1, 0.15) is 18.1 Å². The molecule has 0 unspecified atom stereocenters. The topological polar surface area (TPSA) is 26.3 Å². The van der Waals surface area contributed by atoms with E-state index >= 15 is 0 Å². The molecule has 88 valence electrons. The van der Waals surface area contributed by atoms with Crippen molar-refractivity contribution in [3.05, 3.63) is 34.9 Å². The zero-order chi connectivity index (χ0) is 12.1. The van der Waals surface area contributed by atoms with Crippen LogP contribution in [-0.2, 0) is 21.3 Å². The third-order valence-corrected chi connectivity index (χ3v) is 2.60. The molecule has 0 spiro atoms. The Morgan fingerprint density at radius 1 is 1.31 bits per heavy atom. The van der Waals surface area contributed by atoms with Crippen molar-refractivity contribution in [3.8, 4) is 0 Å². The van der Waals surface area contributed by atoms with E-state index in [1.54, 1.807) is 6.92 Å². The van der Waals surface area contributed by atoms with Crippen molar-refractivity contribution >= 4 is 21.9 Å². The number of hydrogen-bond donors (Lipinski definition) is 0. The maximum atomic E-state index is 13.3. The van der Waals surface area contributed by atoms with Crippen molar-refractivity contribution in [1.29, 1.82) is 0 Å². The number of hydrogen-bond acceptors (Lipinski definition) is 2. The summed E-state index contributed by atoms with van der Waals surface area (Å²) in [7, 11) is 0. The molecule has 0 bridgehead atoms. The van der Waals surface area contributed by atoms with E-state index in [-0.39, 0.29) is 23.9 Å². The van der Waals surface area contributed by atoms with Gasteiger partial charge in [-0.1, -0.05) is 15.9 Å². The van der Waals surface area contributed by atoms with Crippen molar-refractivity contribution in [3.63, 3.8) is 0 Å². The minimum Gasteiger partial charge on any atom is -0.466 e. The molecule has 1 aromatic carbocycles. The summed E-state index contributed by atoms with van der Waals surface area (Å²) in [6.45, 7) is 1.91. The highest BCUT2D eigenvalue weighted by Gasteiger charge is 2.12. The van der Waals surface area contributed by atoms with Crippen LogP contribution in [0, 0.1) is 11.6 Å². The van der Waals surface area contributed by atoms with Gasteiger partial charge in [0.25, 0.3) is 0 Å². The SMILES string of the molecule is CCOC(=O)Cc1cc(CBr)c(F)cc1F. The smallest absolute Gasteiger partial charge is 0.310 e. The molecule has 0 aromatic heterocycles. The molecule has 0 amide bonds. The quantitative estimate of drug-likeness (QED) is 0.630. The Labute approximate surface area is 101 Å².